The van der Waals surface area contributed by atoms with Gasteiger partial charge in [-0.25, -0.2) is 4.98 Å². The molecule has 0 bridgehead atoms. The Morgan fingerprint density at radius 1 is 1.10 bits per heavy atom. The number of unbranched alkanes of at least 4 members (excludes halogenated alkanes) is 1. The SMILES string of the molecule is O=P(O)(O)C(CCCCSc1ccccn1)P(=O)(O)O. The predicted molar refractivity (Wildman–Crippen MR) is 76.7 cm³/mol. The van der Waals surface area contributed by atoms with Crippen molar-refractivity contribution in [2.75, 3.05) is 5.75 Å². The van der Waals surface area contributed by atoms with Gasteiger partial charge in [-0.15, -0.1) is 11.8 Å². The molecule has 0 fully saturated rings. The first-order valence-corrected chi connectivity index (χ1v) is 10.2. The van der Waals surface area contributed by atoms with Crippen LogP contribution in [0, 0.1) is 0 Å². The molecule has 0 aromatic carbocycles. The van der Waals surface area contributed by atoms with Crippen LogP contribution in [0.4, 0.5) is 0 Å². The van der Waals surface area contributed by atoms with Crippen molar-refractivity contribution in [3.8, 4) is 0 Å². The van der Waals surface area contributed by atoms with Crippen molar-refractivity contribution in [1.29, 1.82) is 0 Å². The molecule has 0 radical (unpaired) electrons. The van der Waals surface area contributed by atoms with Crippen LogP contribution in [0.15, 0.2) is 29.4 Å². The second-order valence-corrected chi connectivity index (χ2v) is 9.30. The van der Waals surface area contributed by atoms with Gasteiger partial charge in [0.25, 0.3) is 0 Å². The van der Waals surface area contributed by atoms with Crippen molar-refractivity contribution in [2.45, 2.75) is 29.7 Å². The highest BCUT2D eigenvalue weighted by Gasteiger charge is 2.42. The van der Waals surface area contributed by atoms with Gasteiger partial charge in [-0.3, -0.25) is 9.13 Å². The summed E-state index contributed by atoms with van der Waals surface area (Å²) in [5.41, 5.74) is 0. The Hall–Kier alpha value is -0.200. The molecule has 0 aliphatic carbocycles. The summed E-state index contributed by atoms with van der Waals surface area (Å²) < 4.78 is 22.1. The molecule has 1 aromatic rings. The molecular formula is C10H17NO6P2S. The molecule has 0 saturated carbocycles. The Morgan fingerprint density at radius 3 is 2.25 bits per heavy atom. The Balaban J connectivity index is 2.35. The lowest BCUT2D eigenvalue weighted by Crippen LogP contribution is -2.09. The van der Waals surface area contributed by atoms with E-state index in [9.17, 15) is 9.13 Å². The van der Waals surface area contributed by atoms with Gasteiger partial charge >= 0.3 is 15.2 Å². The van der Waals surface area contributed by atoms with Crippen molar-refractivity contribution in [3.63, 3.8) is 0 Å². The summed E-state index contributed by atoms with van der Waals surface area (Å²) in [6.07, 6.45) is 2.40. The minimum absolute atomic E-state index is 0.197. The fraction of sp³-hybridized carbons (Fsp3) is 0.500. The number of pyridine rings is 1. The second-order valence-electron chi connectivity index (χ2n) is 4.17. The molecule has 1 aromatic heterocycles. The number of hydrogen-bond donors (Lipinski definition) is 4. The van der Waals surface area contributed by atoms with Gasteiger partial charge in [0.2, 0.25) is 0 Å². The average Bonchev–Trinajstić information content (AvgIpc) is 2.31. The molecule has 4 N–H and O–H groups in total. The van der Waals surface area contributed by atoms with E-state index in [1.807, 2.05) is 12.1 Å². The number of rotatable bonds is 8. The first-order chi connectivity index (χ1) is 9.21. The molecule has 0 amide bonds. The monoisotopic (exact) mass is 341 g/mol. The summed E-state index contributed by atoms with van der Waals surface area (Å²) in [6.45, 7) is 0. The topological polar surface area (TPSA) is 128 Å². The number of hydrogen-bond acceptors (Lipinski definition) is 4. The number of nitrogens with zero attached hydrogens (tertiary/aromatic N) is 1. The van der Waals surface area contributed by atoms with Crippen LogP contribution in [-0.4, -0.2) is 35.7 Å². The Bertz CT molecular complexity index is 480. The molecule has 0 unspecified atom stereocenters. The second kappa shape index (κ2) is 7.71. The standard InChI is InChI=1S/C10H17NO6P2S/c12-18(13,14)10(19(15,16)17)6-2-4-8-20-9-5-1-3-7-11-9/h1,3,5,7,10H,2,4,6,8H2,(H2,12,13,14)(H2,15,16,17). The maximum atomic E-state index is 11.1. The van der Waals surface area contributed by atoms with E-state index in [1.165, 1.54) is 11.8 Å². The van der Waals surface area contributed by atoms with Gasteiger partial charge in [0.15, 0.2) is 5.40 Å². The van der Waals surface area contributed by atoms with E-state index in [4.69, 9.17) is 19.6 Å². The smallest absolute Gasteiger partial charge is 0.324 e. The van der Waals surface area contributed by atoms with Gasteiger partial charge in [-0.2, -0.15) is 0 Å². The number of aromatic nitrogens is 1. The van der Waals surface area contributed by atoms with E-state index >= 15 is 0 Å². The van der Waals surface area contributed by atoms with Crippen molar-refractivity contribution in [2.24, 2.45) is 0 Å². The minimum atomic E-state index is -4.79. The van der Waals surface area contributed by atoms with E-state index in [2.05, 4.69) is 4.98 Å². The molecule has 0 aliphatic heterocycles. The maximum Gasteiger partial charge on any atom is 0.340 e. The van der Waals surface area contributed by atoms with Gasteiger partial charge in [0.1, 0.15) is 0 Å². The van der Waals surface area contributed by atoms with E-state index in [0.717, 1.165) is 5.03 Å². The van der Waals surface area contributed by atoms with Crippen LogP contribution in [0.25, 0.3) is 0 Å². The largest absolute Gasteiger partial charge is 0.340 e. The third kappa shape index (κ3) is 6.50. The third-order valence-corrected chi connectivity index (χ3v) is 7.43. The lowest BCUT2D eigenvalue weighted by molar-refractivity contribution is 0.334. The Kier molecular flexibility index (Phi) is 6.88. The quantitative estimate of drug-likeness (QED) is 0.321. The third-order valence-electron chi connectivity index (χ3n) is 2.52. The van der Waals surface area contributed by atoms with Crippen molar-refractivity contribution in [3.05, 3.63) is 24.4 Å². The minimum Gasteiger partial charge on any atom is -0.324 e. The molecule has 0 saturated heterocycles. The van der Waals surface area contributed by atoms with Crippen molar-refractivity contribution < 1.29 is 28.7 Å². The van der Waals surface area contributed by atoms with Gasteiger partial charge in [0.05, 0.1) is 5.03 Å². The molecule has 10 heteroatoms. The molecule has 20 heavy (non-hydrogen) atoms. The Morgan fingerprint density at radius 2 is 1.75 bits per heavy atom. The van der Waals surface area contributed by atoms with E-state index in [0.29, 0.717) is 18.6 Å². The molecule has 0 spiro atoms. The maximum absolute atomic E-state index is 11.1. The van der Waals surface area contributed by atoms with Crippen LogP contribution in [-0.2, 0) is 9.13 Å². The van der Waals surface area contributed by atoms with Crippen LogP contribution in [0.1, 0.15) is 19.3 Å². The summed E-state index contributed by atoms with van der Waals surface area (Å²) in [5.74, 6) is 0.673. The summed E-state index contributed by atoms with van der Waals surface area (Å²) in [6, 6.07) is 5.50. The number of thioether (sulfide) groups is 1. The van der Waals surface area contributed by atoms with Gasteiger partial charge in [-0.1, -0.05) is 12.5 Å². The average molecular weight is 341 g/mol. The highest BCUT2D eigenvalue weighted by Crippen LogP contribution is 2.61. The zero-order chi connectivity index (χ0) is 15.2. The van der Waals surface area contributed by atoms with Gasteiger partial charge < -0.3 is 19.6 Å². The van der Waals surface area contributed by atoms with Gasteiger partial charge in [0, 0.05) is 6.20 Å². The molecular weight excluding hydrogens is 324 g/mol. The first kappa shape index (κ1) is 17.9. The summed E-state index contributed by atoms with van der Waals surface area (Å²) in [7, 11) is -9.57. The molecule has 1 heterocycles. The summed E-state index contributed by atoms with van der Waals surface area (Å²) in [4.78, 5) is 39.9. The van der Waals surface area contributed by atoms with Crippen LogP contribution in [0.3, 0.4) is 0 Å². The lowest BCUT2D eigenvalue weighted by Gasteiger charge is -2.19. The summed E-state index contributed by atoms with van der Waals surface area (Å²) in [5, 5.41) is -1.05. The highest BCUT2D eigenvalue weighted by atomic mass is 32.2. The van der Waals surface area contributed by atoms with E-state index in [1.54, 1.807) is 12.3 Å². The normalized spacial score (nSPS) is 12.8. The molecule has 114 valence electrons. The van der Waals surface area contributed by atoms with Crippen LogP contribution in [0.2, 0.25) is 0 Å². The predicted octanol–water partition coefficient (Wildman–Crippen LogP) is 2.03. The van der Waals surface area contributed by atoms with E-state index < -0.39 is 20.6 Å². The fourth-order valence-corrected chi connectivity index (χ4v) is 5.04. The van der Waals surface area contributed by atoms with Crippen LogP contribution < -0.4 is 0 Å². The lowest BCUT2D eigenvalue weighted by atomic mass is 10.3. The zero-order valence-corrected chi connectivity index (χ0v) is 13.2. The van der Waals surface area contributed by atoms with E-state index in [-0.39, 0.29) is 6.42 Å². The molecule has 1 rings (SSSR count). The highest BCUT2D eigenvalue weighted by molar-refractivity contribution is 7.99. The van der Waals surface area contributed by atoms with Crippen LogP contribution in [0.5, 0.6) is 0 Å². The van der Waals surface area contributed by atoms with Crippen molar-refractivity contribution >= 4 is 27.0 Å². The fourth-order valence-electron chi connectivity index (χ4n) is 1.57. The van der Waals surface area contributed by atoms with Crippen molar-refractivity contribution in [1.82, 2.24) is 4.98 Å². The zero-order valence-electron chi connectivity index (χ0n) is 10.6. The Labute approximate surface area is 121 Å². The molecule has 0 atom stereocenters. The molecule has 7 nitrogen and oxygen atoms in total. The van der Waals surface area contributed by atoms with Gasteiger partial charge in [-0.05, 0) is 30.7 Å². The molecule has 0 aliphatic rings. The summed E-state index contributed by atoms with van der Waals surface area (Å²) >= 11 is 1.49. The first-order valence-electron chi connectivity index (χ1n) is 5.85. The van der Waals surface area contributed by atoms with Crippen LogP contribution >= 0.6 is 27.0 Å².